The van der Waals surface area contributed by atoms with Crippen molar-refractivity contribution in [1.82, 2.24) is 0 Å². The van der Waals surface area contributed by atoms with Gasteiger partial charge in [0, 0.05) is 18.7 Å². The zero-order valence-corrected chi connectivity index (χ0v) is 17.9. The second-order valence-corrected chi connectivity index (χ2v) is 9.01. The summed E-state index contributed by atoms with van der Waals surface area (Å²) < 4.78 is 11.1. The van der Waals surface area contributed by atoms with Crippen molar-refractivity contribution in [3.63, 3.8) is 0 Å². The first-order chi connectivity index (χ1) is 13.6. The van der Waals surface area contributed by atoms with E-state index in [0.29, 0.717) is 0 Å². The van der Waals surface area contributed by atoms with Crippen LogP contribution in [0.5, 0.6) is 5.75 Å². The molecule has 2 aromatic carbocycles. The number of carbonyl (C=O) groups is 1. The number of carboxylic acid groups (broad SMARTS) is 1. The van der Waals surface area contributed by atoms with Crippen molar-refractivity contribution in [2.75, 3.05) is 13.9 Å². The Kier molecular flexibility index (Phi) is 5.85. The van der Waals surface area contributed by atoms with Crippen LogP contribution in [0.3, 0.4) is 0 Å². The predicted molar refractivity (Wildman–Crippen MR) is 116 cm³/mol. The SMILES string of the molecule is COCOc1cc2c(cc1-c1cccc(C=CC(=O)O)c1)C(C)(C)CCC2(C)C. The molecule has 1 aliphatic rings. The highest BCUT2D eigenvalue weighted by molar-refractivity contribution is 5.86. The molecular formula is C25H30O4. The van der Waals surface area contributed by atoms with Gasteiger partial charge in [-0.25, -0.2) is 4.79 Å². The summed E-state index contributed by atoms with van der Waals surface area (Å²) in [5.74, 6) is -0.173. The Morgan fingerprint density at radius 1 is 1.07 bits per heavy atom. The smallest absolute Gasteiger partial charge is 0.328 e. The lowest BCUT2D eigenvalue weighted by molar-refractivity contribution is -0.131. The van der Waals surface area contributed by atoms with E-state index in [1.54, 1.807) is 13.2 Å². The lowest BCUT2D eigenvalue weighted by Gasteiger charge is -2.42. The molecule has 0 amide bonds. The highest BCUT2D eigenvalue weighted by Gasteiger charge is 2.38. The van der Waals surface area contributed by atoms with E-state index in [4.69, 9.17) is 14.6 Å². The maximum absolute atomic E-state index is 10.9. The van der Waals surface area contributed by atoms with Crippen LogP contribution >= 0.6 is 0 Å². The van der Waals surface area contributed by atoms with Crippen LogP contribution < -0.4 is 4.74 Å². The topological polar surface area (TPSA) is 55.8 Å². The molecule has 29 heavy (non-hydrogen) atoms. The third kappa shape index (κ3) is 4.54. The Hall–Kier alpha value is -2.59. The van der Waals surface area contributed by atoms with Crippen molar-refractivity contribution in [3.05, 3.63) is 59.2 Å². The normalized spacial score (nSPS) is 17.1. The molecule has 0 saturated carbocycles. The first-order valence-electron chi connectivity index (χ1n) is 9.96. The molecule has 0 radical (unpaired) electrons. The van der Waals surface area contributed by atoms with Crippen LogP contribution in [0.25, 0.3) is 17.2 Å². The first-order valence-corrected chi connectivity index (χ1v) is 9.96. The highest BCUT2D eigenvalue weighted by atomic mass is 16.7. The summed E-state index contributed by atoms with van der Waals surface area (Å²) in [6.45, 7) is 9.35. The van der Waals surface area contributed by atoms with Gasteiger partial charge in [0.05, 0.1) is 0 Å². The summed E-state index contributed by atoms with van der Waals surface area (Å²) in [4.78, 5) is 10.9. The second kappa shape index (κ2) is 8.03. The van der Waals surface area contributed by atoms with Gasteiger partial charge in [-0.15, -0.1) is 0 Å². The van der Waals surface area contributed by atoms with Crippen LogP contribution in [0.15, 0.2) is 42.5 Å². The number of hydrogen-bond acceptors (Lipinski definition) is 3. The minimum absolute atomic E-state index is 0.0835. The van der Waals surface area contributed by atoms with E-state index in [2.05, 4.69) is 39.8 Å². The zero-order valence-electron chi connectivity index (χ0n) is 17.9. The van der Waals surface area contributed by atoms with Crippen molar-refractivity contribution in [1.29, 1.82) is 0 Å². The summed E-state index contributed by atoms with van der Waals surface area (Å²) >= 11 is 0. The number of benzene rings is 2. The van der Waals surface area contributed by atoms with Crippen LogP contribution in [0.1, 0.15) is 57.2 Å². The van der Waals surface area contributed by atoms with E-state index in [1.165, 1.54) is 11.1 Å². The van der Waals surface area contributed by atoms with E-state index >= 15 is 0 Å². The van der Waals surface area contributed by atoms with Gasteiger partial charge in [0.1, 0.15) is 5.75 Å². The maximum Gasteiger partial charge on any atom is 0.328 e. The molecule has 0 heterocycles. The molecule has 0 bridgehead atoms. The van der Waals surface area contributed by atoms with E-state index in [-0.39, 0.29) is 17.6 Å². The van der Waals surface area contributed by atoms with Crippen LogP contribution in [0.4, 0.5) is 0 Å². The summed E-state index contributed by atoms with van der Waals surface area (Å²) in [7, 11) is 1.61. The van der Waals surface area contributed by atoms with E-state index < -0.39 is 5.97 Å². The Labute approximate surface area is 173 Å². The number of fused-ring (bicyclic) bond motifs is 1. The van der Waals surface area contributed by atoms with E-state index in [0.717, 1.165) is 41.4 Å². The fourth-order valence-electron chi connectivity index (χ4n) is 4.04. The highest BCUT2D eigenvalue weighted by Crippen LogP contribution is 2.49. The number of carboxylic acids is 1. The van der Waals surface area contributed by atoms with Crippen molar-refractivity contribution in [3.8, 4) is 16.9 Å². The number of methoxy groups -OCH3 is 1. The van der Waals surface area contributed by atoms with Crippen LogP contribution in [-0.4, -0.2) is 25.0 Å². The average Bonchev–Trinajstić information content (AvgIpc) is 2.68. The quantitative estimate of drug-likeness (QED) is 0.498. The second-order valence-electron chi connectivity index (χ2n) is 9.01. The molecule has 4 nitrogen and oxygen atoms in total. The Morgan fingerprint density at radius 3 is 2.34 bits per heavy atom. The van der Waals surface area contributed by atoms with Crippen LogP contribution in [0, 0.1) is 0 Å². The van der Waals surface area contributed by atoms with Gasteiger partial charge in [-0.2, -0.15) is 0 Å². The Bertz CT molecular complexity index is 938. The van der Waals surface area contributed by atoms with Gasteiger partial charge < -0.3 is 14.6 Å². The fraction of sp³-hybridized carbons (Fsp3) is 0.400. The molecule has 0 aromatic heterocycles. The predicted octanol–water partition coefficient (Wildman–Crippen LogP) is 5.78. The average molecular weight is 395 g/mol. The van der Waals surface area contributed by atoms with Gasteiger partial charge in [0.25, 0.3) is 0 Å². The van der Waals surface area contributed by atoms with Crippen molar-refractivity contribution in [2.24, 2.45) is 0 Å². The Balaban J connectivity index is 2.18. The molecular weight excluding hydrogens is 364 g/mol. The minimum Gasteiger partial charge on any atom is -0.478 e. The van der Waals surface area contributed by atoms with E-state index in [1.807, 2.05) is 24.3 Å². The molecule has 1 aliphatic carbocycles. The van der Waals surface area contributed by atoms with Gasteiger partial charge in [0.15, 0.2) is 6.79 Å². The molecule has 1 N–H and O–H groups in total. The first kappa shape index (κ1) is 21.1. The van der Waals surface area contributed by atoms with Crippen molar-refractivity contribution >= 4 is 12.0 Å². The van der Waals surface area contributed by atoms with Crippen molar-refractivity contribution < 1.29 is 19.4 Å². The summed E-state index contributed by atoms with van der Waals surface area (Å²) in [5.41, 5.74) is 5.66. The molecule has 3 rings (SSSR count). The molecule has 0 unspecified atom stereocenters. The molecule has 4 heteroatoms. The standard InChI is InChI=1S/C25H30O4/c1-24(2)11-12-25(3,4)21-15-22(29-16-28-5)19(14-20(21)24)18-8-6-7-17(13-18)9-10-23(26)27/h6-10,13-15H,11-12,16H2,1-5H3,(H,26,27). The monoisotopic (exact) mass is 394 g/mol. The largest absolute Gasteiger partial charge is 0.478 e. The van der Waals surface area contributed by atoms with Gasteiger partial charge >= 0.3 is 5.97 Å². The fourth-order valence-corrected chi connectivity index (χ4v) is 4.04. The van der Waals surface area contributed by atoms with Crippen LogP contribution in [-0.2, 0) is 20.4 Å². The summed E-state index contributed by atoms with van der Waals surface area (Å²) in [6, 6.07) is 12.3. The molecule has 2 aromatic rings. The van der Waals surface area contributed by atoms with Gasteiger partial charge in [-0.3, -0.25) is 0 Å². The molecule has 154 valence electrons. The summed E-state index contributed by atoms with van der Waals surface area (Å²) in [6.07, 6.45) is 5.02. The molecule has 0 spiro atoms. The molecule has 0 saturated heterocycles. The van der Waals surface area contributed by atoms with Crippen molar-refractivity contribution in [2.45, 2.75) is 51.4 Å². The molecule has 0 aliphatic heterocycles. The summed E-state index contributed by atoms with van der Waals surface area (Å²) in [5, 5.41) is 8.92. The lowest BCUT2D eigenvalue weighted by atomic mass is 9.62. The maximum atomic E-state index is 10.9. The van der Waals surface area contributed by atoms with E-state index in [9.17, 15) is 4.79 Å². The third-order valence-electron chi connectivity index (χ3n) is 5.90. The minimum atomic E-state index is -0.961. The Morgan fingerprint density at radius 2 is 1.72 bits per heavy atom. The number of ether oxygens (including phenoxy) is 2. The van der Waals surface area contributed by atoms with Gasteiger partial charge in [-0.1, -0.05) is 45.9 Å². The van der Waals surface area contributed by atoms with Gasteiger partial charge in [0.2, 0.25) is 0 Å². The number of hydrogen-bond donors (Lipinski definition) is 1. The van der Waals surface area contributed by atoms with Crippen LogP contribution in [0.2, 0.25) is 0 Å². The third-order valence-corrected chi connectivity index (χ3v) is 5.90. The van der Waals surface area contributed by atoms with Gasteiger partial charge in [-0.05, 0) is 70.2 Å². The molecule has 0 fully saturated rings. The number of rotatable bonds is 6. The molecule has 0 atom stereocenters. The number of aliphatic carboxylic acids is 1. The lowest BCUT2D eigenvalue weighted by Crippen LogP contribution is -2.34. The zero-order chi connectivity index (χ0) is 21.2.